The Morgan fingerprint density at radius 2 is 1.57 bits per heavy atom. The smallest absolute Gasteiger partial charge is 0.302 e. The highest BCUT2D eigenvalue weighted by molar-refractivity contribution is 7.91. The van der Waals surface area contributed by atoms with Gasteiger partial charge in [-0.15, -0.1) is 0 Å². The summed E-state index contributed by atoms with van der Waals surface area (Å²) in [7, 11) is -3.16. The van der Waals surface area contributed by atoms with Gasteiger partial charge in [0.15, 0.2) is 9.84 Å². The molecule has 1 aromatic rings. The fraction of sp³-hybridized carbons (Fsp3) is 0.562. The Kier molecular flexibility index (Phi) is 7.43. The number of unbranched alkanes of at least 4 members (excludes halogenated alkanes) is 4. The Morgan fingerprint density at radius 3 is 2.19 bits per heavy atom. The standard InChI is InChI=1S/C16H24O4S/c1-14-8-10-16(11-9-14)21(18,19)13-7-5-3-4-6-12-20-15(2)17/h8-11H,3-7,12-13H2,1-2H3. The number of aryl methyl sites for hydroxylation is 1. The molecule has 0 saturated carbocycles. The van der Waals surface area contributed by atoms with Crippen LogP contribution in [-0.4, -0.2) is 26.7 Å². The van der Waals surface area contributed by atoms with Crippen LogP contribution in [0, 0.1) is 6.92 Å². The zero-order valence-electron chi connectivity index (χ0n) is 12.8. The van der Waals surface area contributed by atoms with Crippen LogP contribution in [0.3, 0.4) is 0 Å². The molecule has 118 valence electrons. The van der Waals surface area contributed by atoms with Crippen LogP contribution in [0.5, 0.6) is 0 Å². The Bertz CT molecular complexity index is 532. The maximum absolute atomic E-state index is 12.1. The molecule has 1 rings (SSSR count). The minimum absolute atomic E-state index is 0.194. The highest BCUT2D eigenvalue weighted by Gasteiger charge is 2.13. The second-order valence-corrected chi connectivity index (χ2v) is 7.35. The number of benzene rings is 1. The lowest BCUT2D eigenvalue weighted by atomic mass is 10.2. The molecule has 1 aromatic carbocycles. The number of carbonyl (C=O) groups excluding carboxylic acids is 1. The lowest BCUT2D eigenvalue weighted by Gasteiger charge is -2.05. The van der Waals surface area contributed by atoms with E-state index in [4.69, 9.17) is 4.74 Å². The molecule has 0 unspecified atom stereocenters. The molecule has 0 saturated heterocycles. The van der Waals surface area contributed by atoms with E-state index in [0.717, 1.165) is 31.2 Å². The molecular weight excluding hydrogens is 288 g/mol. The summed E-state index contributed by atoms with van der Waals surface area (Å²) >= 11 is 0. The summed E-state index contributed by atoms with van der Waals surface area (Å²) in [5.74, 6) is -0.0563. The molecule has 4 nitrogen and oxygen atoms in total. The first kappa shape index (κ1) is 17.7. The van der Waals surface area contributed by atoms with Crippen molar-refractivity contribution >= 4 is 15.8 Å². The van der Waals surface area contributed by atoms with Crippen LogP contribution < -0.4 is 0 Å². The minimum Gasteiger partial charge on any atom is -0.466 e. The third-order valence-corrected chi connectivity index (χ3v) is 5.06. The zero-order valence-corrected chi connectivity index (χ0v) is 13.6. The summed E-state index contributed by atoms with van der Waals surface area (Å²) in [6.45, 7) is 3.79. The van der Waals surface area contributed by atoms with Crippen molar-refractivity contribution in [1.82, 2.24) is 0 Å². The van der Waals surface area contributed by atoms with Crippen LogP contribution in [0.1, 0.15) is 44.6 Å². The molecule has 0 amide bonds. The Balaban J connectivity index is 2.20. The first-order valence-corrected chi connectivity index (χ1v) is 9.00. The molecule has 0 bridgehead atoms. The second-order valence-electron chi connectivity index (χ2n) is 5.24. The molecular formula is C16H24O4S. The predicted molar refractivity (Wildman–Crippen MR) is 82.9 cm³/mol. The minimum atomic E-state index is -3.16. The van der Waals surface area contributed by atoms with Crippen molar-refractivity contribution < 1.29 is 17.9 Å². The van der Waals surface area contributed by atoms with Crippen LogP contribution in [0.15, 0.2) is 29.2 Å². The van der Waals surface area contributed by atoms with Gasteiger partial charge in [-0.2, -0.15) is 0 Å². The summed E-state index contributed by atoms with van der Waals surface area (Å²) in [5.41, 5.74) is 1.06. The number of sulfone groups is 1. The van der Waals surface area contributed by atoms with Crippen molar-refractivity contribution in [3.8, 4) is 0 Å². The van der Waals surface area contributed by atoms with Gasteiger partial charge in [0.2, 0.25) is 0 Å². The van der Waals surface area contributed by atoms with Crippen LogP contribution in [0.4, 0.5) is 0 Å². The van der Waals surface area contributed by atoms with E-state index in [1.165, 1.54) is 6.92 Å². The van der Waals surface area contributed by atoms with Crippen LogP contribution in [0.2, 0.25) is 0 Å². The van der Waals surface area contributed by atoms with Crippen molar-refractivity contribution in [1.29, 1.82) is 0 Å². The number of hydrogen-bond donors (Lipinski definition) is 0. The first-order chi connectivity index (χ1) is 9.92. The number of esters is 1. The third-order valence-electron chi connectivity index (χ3n) is 3.24. The molecule has 5 heteroatoms. The molecule has 0 aromatic heterocycles. The van der Waals surface area contributed by atoms with Crippen LogP contribution in [0.25, 0.3) is 0 Å². The van der Waals surface area contributed by atoms with Gasteiger partial charge in [-0.1, -0.05) is 37.0 Å². The summed E-state index contributed by atoms with van der Waals surface area (Å²) in [4.78, 5) is 11.0. The summed E-state index contributed by atoms with van der Waals surface area (Å²) < 4.78 is 29.0. The SMILES string of the molecule is CC(=O)OCCCCCCCS(=O)(=O)c1ccc(C)cc1. The van der Waals surface area contributed by atoms with E-state index in [2.05, 4.69) is 0 Å². The van der Waals surface area contributed by atoms with Crippen molar-refractivity contribution in [2.24, 2.45) is 0 Å². The molecule has 0 spiro atoms. The third kappa shape index (κ3) is 7.27. The largest absolute Gasteiger partial charge is 0.466 e. The highest BCUT2D eigenvalue weighted by atomic mass is 32.2. The van der Waals surface area contributed by atoms with Gasteiger partial charge in [-0.05, 0) is 31.9 Å². The van der Waals surface area contributed by atoms with Crippen molar-refractivity contribution in [2.75, 3.05) is 12.4 Å². The fourth-order valence-electron chi connectivity index (χ4n) is 2.00. The zero-order chi connectivity index (χ0) is 15.7. The second kappa shape index (κ2) is 8.82. The van der Waals surface area contributed by atoms with Gasteiger partial charge in [0.1, 0.15) is 0 Å². The van der Waals surface area contributed by atoms with Gasteiger partial charge in [0.05, 0.1) is 17.3 Å². The normalized spacial score (nSPS) is 11.3. The molecule has 21 heavy (non-hydrogen) atoms. The highest BCUT2D eigenvalue weighted by Crippen LogP contribution is 2.14. The number of rotatable bonds is 9. The Labute approximate surface area is 127 Å². The van der Waals surface area contributed by atoms with Gasteiger partial charge < -0.3 is 4.74 Å². The van der Waals surface area contributed by atoms with Crippen LogP contribution >= 0.6 is 0 Å². The fourth-order valence-corrected chi connectivity index (χ4v) is 3.37. The monoisotopic (exact) mass is 312 g/mol. The average molecular weight is 312 g/mol. The van der Waals surface area contributed by atoms with E-state index < -0.39 is 9.84 Å². The lowest BCUT2D eigenvalue weighted by molar-refractivity contribution is -0.141. The molecule has 0 aliphatic carbocycles. The number of carbonyl (C=O) groups is 1. The molecule has 0 N–H and O–H groups in total. The van der Waals surface area contributed by atoms with Gasteiger partial charge in [0, 0.05) is 6.92 Å². The summed E-state index contributed by atoms with van der Waals surface area (Å²) in [6, 6.07) is 6.98. The van der Waals surface area contributed by atoms with Crippen molar-refractivity contribution in [3.63, 3.8) is 0 Å². The van der Waals surface area contributed by atoms with Crippen molar-refractivity contribution in [2.45, 2.75) is 50.8 Å². The maximum Gasteiger partial charge on any atom is 0.302 e. The topological polar surface area (TPSA) is 60.4 Å². The molecule has 0 aliphatic heterocycles. The molecule has 0 heterocycles. The van der Waals surface area contributed by atoms with E-state index in [1.807, 2.05) is 19.1 Å². The van der Waals surface area contributed by atoms with E-state index in [0.29, 0.717) is 17.9 Å². The van der Waals surface area contributed by atoms with E-state index in [1.54, 1.807) is 12.1 Å². The van der Waals surface area contributed by atoms with Gasteiger partial charge in [0.25, 0.3) is 0 Å². The number of hydrogen-bond acceptors (Lipinski definition) is 4. The van der Waals surface area contributed by atoms with E-state index in [-0.39, 0.29) is 11.7 Å². The molecule has 0 aliphatic rings. The summed E-state index contributed by atoms with van der Waals surface area (Å²) in [5, 5.41) is 0. The van der Waals surface area contributed by atoms with Crippen LogP contribution in [-0.2, 0) is 19.4 Å². The maximum atomic E-state index is 12.1. The Morgan fingerprint density at radius 1 is 1.00 bits per heavy atom. The first-order valence-electron chi connectivity index (χ1n) is 7.34. The predicted octanol–water partition coefficient (Wildman–Crippen LogP) is 3.28. The van der Waals surface area contributed by atoms with Gasteiger partial charge >= 0.3 is 5.97 Å². The molecule has 0 radical (unpaired) electrons. The van der Waals surface area contributed by atoms with E-state index in [9.17, 15) is 13.2 Å². The Hall–Kier alpha value is -1.36. The molecule has 0 fully saturated rings. The van der Waals surface area contributed by atoms with Gasteiger partial charge in [-0.25, -0.2) is 8.42 Å². The summed E-state index contributed by atoms with van der Waals surface area (Å²) in [6.07, 6.45) is 4.31. The molecule has 0 atom stereocenters. The van der Waals surface area contributed by atoms with Gasteiger partial charge in [-0.3, -0.25) is 4.79 Å². The van der Waals surface area contributed by atoms with E-state index >= 15 is 0 Å². The van der Waals surface area contributed by atoms with Crippen molar-refractivity contribution in [3.05, 3.63) is 29.8 Å². The number of ether oxygens (including phenoxy) is 1. The average Bonchev–Trinajstić information content (AvgIpc) is 2.42. The lowest BCUT2D eigenvalue weighted by Crippen LogP contribution is -2.06. The quantitative estimate of drug-likeness (QED) is 0.518.